The van der Waals surface area contributed by atoms with Crippen LogP contribution in [0.15, 0.2) is 24.5 Å². The second-order valence-corrected chi connectivity index (χ2v) is 4.21. The topological polar surface area (TPSA) is 42.1 Å². The quantitative estimate of drug-likeness (QED) is 0.726. The van der Waals surface area contributed by atoms with Crippen LogP contribution in [0.25, 0.3) is 0 Å². The molecule has 0 radical (unpaired) electrons. The van der Waals surface area contributed by atoms with Gasteiger partial charge in [0.25, 0.3) is 0 Å². The highest BCUT2D eigenvalue weighted by Gasteiger charge is 2.21. The molecule has 76 valence electrons. The first-order chi connectivity index (χ1) is 6.75. The Morgan fingerprint density at radius 1 is 1.36 bits per heavy atom. The lowest BCUT2D eigenvalue weighted by Crippen LogP contribution is -2.46. The third kappa shape index (κ3) is 2.04. The van der Waals surface area contributed by atoms with Crippen LogP contribution in [0.4, 0.5) is 5.69 Å². The molecule has 0 saturated carbocycles. The number of anilines is 1. The van der Waals surface area contributed by atoms with Crippen molar-refractivity contribution >= 4 is 5.69 Å². The largest absolute Gasteiger partial charge is 0.370 e. The van der Waals surface area contributed by atoms with Crippen molar-refractivity contribution in [2.75, 3.05) is 18.0 Å². The highest BCUT2D eigenvalue weighted by atomic mass is 15.2. The number of aromatic nitrogens is 1. The van der Waals surface area contributed by atoms with Gasteiger partial charge >= 0.3 is 0 Å². The molecule has 2 heterocycles. The van der Waals surface area contributed by atoms with E-state index in [0.29, 0.717) is 12.0 Å². The van der Waals surface area contributed by atoms with Gasteiger partial charge in [-0.25, -0.2) is 0 Å². The SMILES string of the molecule is CC1CC(N)CN(c2ccncc2)C1. The first-order valence-electron chi connectivity index (χ1n) is 5.16. The number of rotatable bonds is 1. The molecule has 0 amide bonds. The zero-order valence-electron chi connectivity index (χ0n) is 8.56. The van der Waals surface area contributed by atoms with E-state index in [0.717, 1.165) is 19.5 Å². The highest BCUT2D eigenvalue weighted by molar-refractivity contribution is 5.45. The van der Waals surface area contributed by atoms with E-state index in [-0.39, 0.29) is 0 Å². The van der Waals surface area contributed by atoms with Gasteiger partial charge in [0.05, 0.1) is 0 Å². The van der Waals surface area contributed by atoms with Crippen molar-refractivity contribution < 1.29 is 0 Å². The van der Waals surface area contributed by atoms with Gasteiger partial charge in [-0.2, -0.15) is 0 Å². The van der Waals surface area contributed by atoms with Crippen LogP contribution in [0.3, 0.4) is 0 Å². The molecule has 14 heavy (non-hydrogen) atoms. The minimum Gasteiger partial charge on any atom is -0.370 e. The van der Waals surface area contributed by atoms with Crippen LogP contribution >= 0.6 is 0 Å². The van der Waals surface area contributed by atoms with Gasteiger partial charge < -0.3 is 10.6 Å². The van der Waals surface area contributed by atoms with Crippen LogP contribution < -0.4 is 10.6 Å². The molecular weight excluding hydrogens is 174 g/mol. The van der Waals surface area contributed by atoms with E-state index in [1.54, 1.807) is 0 Å². The first kappa shape index (κ1) is 9.46. The molecule has 0 bridgehead atoms. The predicted octanol–water partition coefficient (Wildman–Crippen LogP) is 1.26. The van der Waals surface area contributed by atoms with Gasteiger partial charge in [0.2, 0.25) is 0 Å². The van der Waals surface area contributed by atoms with Crippen molar-refractivity contribution in [2.24, 2.45) is 11.7 Å². The fourth-order valence-electron chi connectivity index (χ4n) is 2.17. The van der Waals surface area contributed by atoms with Gasteiger partial charge in [-0.3, -0.25) is 4.98 Å². The maximum atomic E-state index is 6.00. The standard InChI is InChI=1S/C11H17N3/c1-9-6-10(12)8-14(7-9)11-2-4-13-5-3-11/h2-5,9-10H,6-8,12H2,1H3. The lowest BCUT2D eigenvalue weighted by molar-refractivity contribution is 0.401. The molecule has 2 rings (SSSR count). The van der Waals surface area contributed by atoms with E-state index in [1.807, 2.05) is 24.5 Å². The van der Waals surface area contributed by atoms with E-state index < -0.39 is 0 Å². The fraction of sp³-hybridized carbons (Fsp3) is 0.545. The van der Waals surface area contributed by atoms with E-state index in [1.165, 1.54) is 5.69 Å². The summed E-state index contributed by atoms with van der Waals surface area (Å²) in [7, 11) is 0. The zero-order valence-corrected chi connectivity index (χ0v) is 8.56. The van der Waals surface area contributed by atoms with Crippen molar-refractivity contribution in [2.45, 2.75) is 19.4 Å². The lowest BCUT2D eigenvalue weighted by Gasteiger charge is -2.36. The van der Waals surface area contributed by atoms with Gasteiger partial charge in [-0.15, -0.1) is 0 Å². The Morgan fingerprint density at radius 2 is 2.07 bits per heavy atom. The molecular formula is C11H17N3. The summed E-state index contributed by atoms with van der Waals surface area (Å²) < 4.78 is 0. The summed E-state index contributed by atoms with van der Waals surface area (Å²) in [6.07, 6.45) is 4.81. The monoisotopic (exact) mass is 191 g/mol. The van der Waals surface area contributed by atoms with E-state index in [2.05, 4.69) is 16.8 Å². The van der Waals surface area contributed by atoms with Crippen molar-refractivity contribution in [3.63, 3.8) is 0 Å². The molecule has 3 heteroatoms. The van der Waals surface area contributed by atoms with E-state index in [9.17, 15) is 0 Å². The summed E-state index contributed by atoms with van der Waals surface area (Å²) >= 11 is 0. The summed E-state index contributed by atoms with van der Waals surface area (Å²) in [5.41, 5.74) is 7.23. The molecule has 2 atom stereocenters. The van der Waals surface area contributed by atoms with E-state index >= 15 is 0 Å². The maximum absolute atomic E-state index is 6.00. The summed E-state index contributed by atoms with van der Waals surface area (Å²) in [5, 5.41) is 0. The smallest absolute Gasteiger partial charge is 0.0397 e. The van der Waals surface area contributed by atoms with Gasteiger partial charge in [0.15, 0.2) is 0 Å². The molecule has 1 aromatic rings. The predicted molar refractivity (Wildman–Crippen MR) is 58.2 cm³/mol. The molecule has 1 aliphatic heterocycles. The average Bonchev–Trinajstić information content (AvgIpc) is 2.18. The molecule has 1 fully saturated rings. The third-order valence-electron chi connectivity index (χ3n) is 2.72. The van der Waals surface area contributed by atoms with Crippen molar-refractivity contribution in [3.8, 4) is 0 Å². The number of hydrogen-bond acceptors (Lipinski definition) is 3. The number of piperidine rings is 1. The van der Waals surface area contributed by atoms with Gasteiger partial charge in [0, 0.05) is 37.2 Å². The van der Waals surface area contributed by atoms with Gasteiger partial charge in [0.1, 0.15) is 0 Å². The molecule has 2 unspecified atom stereocenters. The second-order valence-electron chi connectivity index (χ2n) is 4.21. The van der Waals surface area contributed by atoms with Crippen LogP contribution in [0, 0.1) is 5.92 Å². The Balaban J connectivity index is 2.11. The molecule has 1 saturated heterocycles. The average molecular weight is 191 g/mol. The van der Waals surface area contributed by atoms with Crippen LogP contribution in [0.2, 0.25) is 0 Å². The molecule has 0 aromatic carbocycles. The summed E-state index contributed by atoms with van der Waals surface area (Å²) in [6, 6.07) is 4.40. The zero-order chi connectivity index (χ0) is 9.97. The molecule has 2 N–H and O–H groups in total. The molecule has 0 spiro atoms. The fourth-order valence-corrected chi connectivity index (χ4v) is 2.17. The second kappa shape index (κ2) is 3.96. The van der Waals surface area contributed by atoms with Crippen LogP contribution in [-0.4, -0.2) is 24.1 Å². The Labute approximate surface area is 84.9 Å². The van der Waals surface area contributed by atoms with Crippen LogP contribution in [0.5, 0.6) is 0 Å². The summed E-state index contributed by atoms with van der Waals surface area (Å²) in [6.45, 7) is 4.33. The van der Waals surface area contributed by atoms with Crippen LogP contribution in [0.1, 0.15) is 13.3 Å². The molecule has 1 aromatic heterocycles. The van der Waals surface area contributed by atoms with Crippen LogP contribution in [-0.2, 0) is 0 Å². The highest BCUT2D eigenvalue weighted by Crippen LogP contribution is 2.21. The Hall–Kier alpha value is -1.09. The minimum absolute atomic E-state index is 0.312. The summed E-state index contributed by atoms with van der Waals surface area (Å²) in [5.74, 6) is 0.687. The Morgan fingerprint density at radius 3 is 2.71 bits per heavy atom. The maximum Gasteiger partial charge on any atom is 0.0397 e. The Bertz CT molecular complexity index is 276. The molecule has 3 nitrogen and oxygen atoms in total. The van der Waals surface area contributed by atoms with Crippen molar-refractivity contribution in [1.82, 2.24) is 4.98 Å². The minimum atomic E-state index is 0.312. The number of hydrogen-bond donors (Lipinski definition) is 1. The van der Waals surface area contributed by atoms with E-state index in [4.69, 9.17) is 5.73 Å². The number of nitrogens with zero attached hydrogens (tertiary/aromatic N) is 2. The summed E-state index contributed by atoms with van der Waals surface area (Å²) in [4.78, 5) is 6.37. The van der Waals surface area contributed by atoms with Crippen molar-refractivity contribution in [1.29, 1.82) is 0 Å². The Kier molecular flexibility index (Phi) is 2.68. The number of pyridine rings is 1. The lowest BCUT2D eigenvalue weighted by atomic mass is 9.96. The normalized spacial score (nSPS) is 27.7. The first-order valence-corrected chi connectivity index (χ1v) is 5.16. The molecule has 0 aliphatic carbocycles. The van der Waals surface area contributed by atoms with Gasteiger partial charge in [-0.05, 0) is 24.5 Å². The number of nitrogens with two attached hydrogens (primary N) is 1. The third-order valence-corrected chi connectivity index (χ3v) is 2.72. The van der Waals surface area contributed by atoms with Gasteiger partial charge in [-0.1, -0.05) is 6.92 Å². The van der Waals surface area contributed by atoms with Crippen molar-refractivity contribution in [3.05, 3.63) is 24.5 Å². The molecule has 1 aliphatic rings.